The second-order valence-electron chi connectivity index (χ2n) is 19.5. The molecule has 0 radical (unpaired) electrons. The normalized spacial score (nSPS) is 22.6. The summed E-state index contributed by atoms with van der Waals surface area (Å²) in [5.41, 5.74) is -1.22. The van der Waals surface area contributed by atoms with Gasteiger partial charge in [-0.1, -0.05) is 83.1 Å². The Morgan fingerprint density at radius 3 is 1.25 bits per heavy atom. The fourth-order valence-electron chi connectivity index (χ4n) is 6.88. The monoisotopic (exact) mass is 849 g/mol. The van der Waals surface area contributed by atoms with Crippen molar-refractivity contribution < 1.29 is 67.8 Å². The van der Waals surface area contributed by atoms with Crippen molar-refractivity contribution in [1.82, 2.24) is 0 Å². The van der Waals surface area contributed by atoms with Gasteiger partial charge >= 0.3 is 12.4 Å². The van der Waals surface area contributed by atoms with Crippen LogP contribution in [0.5, 0.6) is 0 Å². The molecule has 57 heavy (non-hydrogen) atoms. The third-order valence-corrected chi connectivity index (χ3v) is 10.6. The van der Waals surface area contributed by atoms with Crippen LogP contribution in [0, 0.1) is 58.2 Å². The zero-order valence-electron chi connectivity index (χ0n) is 39.2. The molecule has 2 spiro atoms. The largest absolute Gasteiger partial charge is 0.416 e. The number of hydrogen-bond acceptors (Lipinski definition) is 6. The van der Waals surface area contributed by atoms with Crippen LogP contribution in [0.3, 0.4) is 0 Å². The number of hydrogen-bond donors (Lipinski definition) is 4. The molecule has 0 amide bonds. The molecular weight excluding hydrogens is 764 g/mol. The van der Waals surface area contributed by atoms with Gasteiger partial charge in [-0.2, -0.15) is 26.3 Å². The van der Waals surface area contributed by atoms with Crippen molar-refractivity contribution in [3.63, 3.8) is 0 Å². The molecule has 2 aliphatic carbocycles. The van der Waals surface area contributed by atoms with Gasteiger partial charge in [-0.15, -0.1) is 0 Å². The van der Waals surface area contributed by atoms with Crippen molar-refractivity contribution in [3.8, 4) is 0 Å². The molecule has 14 heteroatoms. The van der Waals surface area contributed by atoms with Gasteiger partial charge in [0, 0.05) is 17.4 Å². The molecule has 6 nitrogen and oxygen atoms in total. The van der Waals surface area contributed by atoms with E-state index in [9.17, 15) is 35.1 Å². The molecule has 2 saturated heterocycles. The molecule has 2 aliphatic heterocycles. The van der Waals surface area contributed by atoms with Gasteiger partial charge in [0.05, 0.1) is 29.2 Å². The maximum absolute atomic E-state index is 11.9. The average molecular weight is 849 g/mol. The summed E-state index contributed by atoms with van der Waals surface area (Å²) in [6, 6.07) is 0. The topological polar surface area (TPSA) is 99.4 Å². The van der Waals surface area contributed by atoms with E-state index in [0.717, 1.165) is 57.0 Å². The smallest absolute Gasteiger partial charge is 0.396 e. The highest BCUT2D eigenvalue weighted by Gasteiger charge is 2.51. The Kier molecular flexibility index (Phi) is 25.2. The van der Waals surface area contributed by atoms with Crippen LogP contribution in [-0.2, 0) is 9.47 Å². The highest BCUT2D eigenvalue weighted by molar-refractivity contribution is 4.98. The Morgan fingerprint density at radius 1 is 0.667 bits per heavy atom. The van der Waals surface area contributed by atoms with Gasteiger partial charge in [-0.05, 0) is 112 Å². The molecule has 2 saturated carbocycles. The third kappa shape index (κ3) is 24.9. The Bertz CT molecular complexity index is 1080. The van der Waals surface area contributed by atoms with Gasteiger partial charge in [0.25, 0.3) is 6.43 Å². The van der Waals surface area contributed by atoms with Crippen LogP contribution in [0.25, 0.3) is 0 Å². The summed E-state index contributed by atoms with van der Waals surface area (Å²) < 4.78 is 117. The maximum Gasteiger partial charge on any atom is 0.416 e. The number of alkyl halides is 8. The molecule has 4 fully saturated rings. The molecule has 2 heterocycles. The number of ether oxygens (including phenoxy) is 2. The highest BCUT2D eigenvalue weighted by atomic mass is 19.4. The Morgan fingerprint density at radius 2 is 1.09 bits per heavy atom. The van der Waals surface area contributed by atoms with Crippen LogP contribution in [0.4, 0.5) is 35.1 Å². The number of rotatable bonds is 11. The third-order valence-electron chi connectivity index (χ3n) is 10.6. The van der Waals surface area contributed by atoms with Gasteiger partial charge in [0.2, 0.25) is 0 Å². The van der Waals surface area contributed by atoms with Crippen molar-refractivity contribution >= 4 is 0 Å². The standard InChI is InChI=1S/C10H18O.C9H16O.C7H13F3O.C6H11F3O.C6H12F2O.C5H12O/c1-8(2)9-3-4-10(5-9)6-11-7-10;1-7(2)8-3-9(4-8)5-10-6-9;1-5(2)4-6(3,11)7(8,9)10;1-4(2)3-5(10)6(7,8)9;1-4(2)3-5(9)6(7)8;1-5(2)3-4-6/h8-9H,3-7H2,1-2H3;7-8H,3-6H2,1-2H3;5,11H,4H2,1-3H3;4-5,10H,3H2,1-2H3;4-6,9H,3H2,1-2H3;5-6H,3-4H2,1-2H3/i;;;;;4D2. The SMILES string of the molecule is CC(C)C1CC2(COC2)C1.CC(C)C1CCC2(COC2)C1.CC(C)CC(C)(O)C(F)(F)F.CC(C)CC(O)C(F)(F)F.CC(C)CC(O)C(F)F.[2H]C([2H])(O)CC(C)C. The van der Waals surface area contributed by atoms with E-state index in [1.54, 1.807) is 41.5 Å². The minimum Gasteiger partial charge on any atom is -0.396 e. The molecule has 0 aromatic heterocycles. The van der Waals surface area contributed by atoms with E-state index in [1.807, 2.05) is 13.8 Å². The first-order valence-corrected chi connectivity index (χ1v) is 20.8. The number of aliphatic hydroxyl groups excluding tert-OH is 2. The van der Waals surface area contributed by atoms with E-state index in [-0.39, 0.29) is 49.4 Å². The first-order valence-electron chi connectivity index (χ1n) is 21.8. The Labute approximate surface area is 343 Å². The predicted molar refractivity (Wildman–Crippen MR) is 212 cm³/mol. The van der Waals surface area contributed by atoms with Crippen molar-refractivity contribution in [3.05, 3.63) is 0 Å². The molecule has 4 rings (SSSR count). The summed E-state index contributed by atoms with van der Waals surface area (Å²) in [5, 5.41) is 34.4. The molecular formula is C43H82F8O6. The Balaban J connectivity index is 0. The van der Waals surface area contributed by atoms with Crippen LogP contribution in [0.15, 0.2) is 0 Å². The lowest BCUT2D eigenvalue weighted by Crippen LogP contribution is -2.53. The number of aliphatic hydroxyl groups is 4. The van der Waals surface area contributed by atoms with Gasteiger partial charge in [0.1, 0.15) is 12.2 Å². The van der Waals surface area contributed by atoms with Crippen LogP contribution in [0.2, 0.25) is 0 Å². The van der Waals surface area contributed by atoms with E-state index >= 15 is 0 Å². The molecule has 0 aromatic rings. The Hall–Kier alpha value is -0.800. The van der Waals surface area contributed by atoms with Gasteiger partial charge in [-0.25, -0.2) is 8.78 Å². The van der Waals surface area contributed by atoms with Crippen LogP contribution in [0.1, 0.15) is 151 Å². The number of halogens is 8. The average Bonchev–Trinajstić information content (AvgIpc) is 3.41. The fraction of sp³-hybridized carbons (Fsp3) is 1.00. The lowest BCUT2D eigenvalue weighted by atomic mass is 9.58. The summed E-state index contributed by atoms with van der Waals surface area (Å²) in [4.78, 5) is 0. The van der Waals surface area contributed by atoms with Crippen molar-refractivity contribution in [2.24, 2.45) is 58.2 Å². The van der Waals surface area contributed by atoms with Crippen LogP contribution < -0.4 is 0 Å². The van der Waals surface area contributed by atoms with E-state index in [0.29, 0.717) is 10.8 Å². The van der Waals surface area contributed by atoms with Gasteiger partial charge in [0.15, 0.2) is 5.60 Å². The van der Waals surface area contributed by atoms with E-state index in [2.05, 4.69) is 27.7 Å². The first kappa shape index (κ1) is 54.2. The molecule has 4 unspecified atom stereocenters. The van der Waals surface area contributed by atoms with E-state index in [4.69, 9.17) is 32.6 Å². The lowest BCUT2D eigenvalue weighted by Gasteiger charge is -2.54. The summed E-state index contributed by atoms with van der Waals surface area (Å²) in [5.74, 6) is 3.83. The zero-order chi connectivity index (χ0) is 47.0. The minimum absolute atomic E-state index is 0.128. The molecule has 4 N–H and O–H groups in total. The lowest BCUT2D eigenvalue weighted by molar-refractivity contribution is -0.257. The first-order chi connectivity index (χ1) is 26.4. The summed E-state index contributed by atoms with van der Waals surface area (Å²) in [6.45, 7) is 26.3. The molecule has 0 bridgehead atoms. The molecule has 346 valence electrons. The minimum atomic E-state index is -4.52. The second-order valence-corrected chi connectivity index (χ2v) is 19.5. The summed E-state index contributed by atoms with van der Waals surface area (Å²) >= 11 is 0. The van der Waals surface area contributed by atoms with Gasteiger partial charge in [-0.3, -0.25) is 0 Å². The molecule has 0 aromatic carbocycles. The predicted octanol–water partition coefficient (Wildman–Crippen LogP) is 11.5. The van der Waals surface area contributed by atoms with E-state index in [1.165, 1.54) is 32.1 Å². The molecule has 4 atom stereocenters. The molecule has 4 aliphatic rings. The van der Waals surface area contributed by atoms with Crippen LogP contribution >= 0.6 is 0 Å². The van der Waals surface area contributed by atoms with Crippen LogP contribution in [-0.4, -0.2) is 90.0 Å². The van der Waals surface area contributed by atoms with Crippen molar-refractivity contribution in [2.75, 3.05) is 33.0 Å². The zero-order valence-corrected chi connectivity index (χ0v) is 37.2. The van der Waals surface area contributed by atoms with E-state index < -0.39 is 43.1 Å². The quantitative estimate of drug-likeness (QED) is 0.155. The summed E-state index contributed by atoms with van der Waals surface area (Å²) in [6.07, 6.45) is -8.06. The van der Waals surface area contributed by atoms with Gasteiger partial charge < -0.3 is 29.9 Å². The van der Waals surface area contributed by atoms with Crippen molar-refractivity contribution in [2.45, 2.75) is 184 Å². The second kappa shape index (κ2) is 26.5. The highest BCUT2D eigenvalue weighted by Crippen LogP contribution is 2.53. The fourth-order valence-corrected chi connectivity index (χ4v) is 6.88. The maximum atomic E-state index is 11.9. The van der Waals surface area contributed by atoms with Crippen molar-refractivity contribution in [1.29, 1.82) is 0 Å². The summed E-state index contributed by atoms with van der Waals surface area (Å²) in [7, 11) is 0.